The van der Waals surface area contributed by atoms with Crippen LogP contribution in [0.1, 0.15) is 49.3 Å². The summed E-state index contributed by atoms with van der Waals surface area (Å²) in [6.45, 7) is 3.12. The molecule has 310 valence electrons. The Hall–Kier alpha value is -6.22. The third-order valence-electron chi connectivity index (χ3n) is 10.5. The van der Waals surface area contributed by atoms with Gasteiger partial charge in [0.2, 0.25) is 17.4 Å². The predicted molar refractivity (Wildman–Crippen MR) is 227 cm³/mol. The van der Waals surface area contributed by atoms with Crippen LogP contribution >= 0.6 is 0 Å². The number of pyridine rings is 1. The van der Waals surface area contributed by atoms with Crippen LogP contribution in [0.4, 0.5) is 16.2 Å². The van der Waals surface area contributed by atoms with Gasteiger partial charge in [-0.2, -0.15) is 0 Å². The molecule has 1 aliphatic rings. The number of phenolic OH excluding ortho intramolecular Hbond substituents is 1. The van der Waals surface area contributed by atoms with Crippen molar-refractivity contribution in [1.82, 2.24) is 20.1 Å². The van der Waals surface area contributed by atoms with Crippen LogP contribution in [0.25, 0.3) is 22.0 Å². The molecular weight excluding hydrogens is 753 g/mol. The minimum Gasteiger partial charge on any atom is -0.506 e. The number of piperidine rings is 1. The standard InChI is InChI=1S/C45H52N6O8/c1-50(43(56)22-26-51-24-20-32(21-25-51)59-45(57)48-36-12-7-6-11-33(36)31-9-4-3-5-10-31)23-8-13-41(54)47-37-17-14-30(27-40(37)58-2)28-46-29-39(53)34-15-18-38(52)44-35(34)16-19-42(55)49-44/h3-7,9-12,14-19,27,32,39,46,52-53H,8,13,20-26,28-29H2,1-2H3,(H,47,54)(H,48,57)(H,49,55)/t39-/m1/s1. The van der Waals surface area contributed by atoms with Gasteiger partial charge in [0.15, 0.2) is 0 Å². The number of aliphatic hydroxyl groups is 1. The average Bonchev–Trinajstić information content (AvgIpc) is 3.24. The van der Waals surface area contributed by atoms with Crippen molar-refractivity contribution < 1.29 is 34.1 Å². The number of aliphatic hydroxyl groups excluding tert-OH is 1. The number of anilines is 2. The Balaban J connectivity index is 0.861. The van der Waals surface area contributed by atoms with E-state index in [1.54, 1.807) is 30.1 Å². The first-order chi connectivity index (χ1) is 28.6. The van der Waals surface area contributed by atoms with Gasteiger partial charge in [-0.3, -0.25) is 19.7 Å². The summed E-state index contributed by atoms with van der Waals surface area (Å²) in [6, 6.07) is 28.9. The fourth-order valence-electron chi connectivity index (χ4n) is 7.22. The van der Waals surface area contributed by atoms with Gasteiger partial charge in [-0.25, -0.2) is 4.79 Å². The maximum Gasteiger partial charge on any atom is 0.411 e. The van der Waals surface area contributed by atoms with Gasteiger partial charge in [-0.05, 0) is 66.3 Å². The van der Waals surface area contributed by atoms with Crippen LogP contribution in [-0.4, -0.2) is 95.9 Å². The molecule has 14 nitrogen and oxygen atoms in total. The topological polar surface area (TPSA) is 186 Å². The molecule has 0 radical (unpaired) electrons. The van der Waals surface area contributed by atoms with Crippen LogP contribution in [0, 0.1) is 0 Å². The van der Waals surface area contributed by atoms with Crippen LogP contribution in [0.2, 0.25) is 0 Å². The lowest BCUT2D eigenvalue weighted by molar-refractivity contribution is -0.130. The number of fused-ring (bicyclic) bond motifs is 1. The number of para-hydroxylation sites is 1. The number of hydrogen-bond acceptors (Lipinski definition) is 10. The van der Waals surface area contributed by atoms with Crippen LogP contribution in [-0.2, 0) is 20.9 Å². The van der Waals surface area contributed by atoms with Crippen LogP contribution in [0.3, 0.4) is 0 Å². The van der Waals surface area contributed by atoms with Crippen molar-refractivity contribution in [3.05, 3.63) is 119 Å². The Kier molecular flexibility index (Phi) is 14.7. The van der Waals surface area contributed by atoms with E-state index in [4.69, 9.17) is 9.47 Å². The number of nitrogens with one attached hydrogen (secondary N) is 4. The van der Waals surface area contributed by atoms with E-state index < -0.39 is 12.2 Å². The number of amides is 3. The first kappa shape index (κ1) is 42.4. The van der Waals surface area contributed by atoms with Crippen molar-refractivity contribution in [1.29, 1.82) is 0 Å². The van der Waals surface area contributed by atoms with E-state index in [2.05, 4.69) is 25.8 Å². The highest BCUT2D eigenvalue weighted by Crippen LogP contribution is 2.30. The Morgan fingerprint density at radius 2 is 1.68 bits per heavy atom. The molecule has 5 aromatic rings. The van der Waals surface area contributed by atoms with Crippen molar-refractivity contribution in [3.8, 4) is 22.6 Å². The number of ether oxygens (including phenoxy) is 2. The molecule has 6 N–H and O–H groups in total. The van der Waals surface area contributed by atoms with Gasteiger partial charge in [0.05, 0.1) is 30.1 Å². The number of H-pyrrole nitrogens is 1. The fraction of sp³-hybridized carbons (Fsp3) is 0.333. The molecule has 0 bridgehead atoms. The zero-order chi connectivity index (χ0) is 41.7. The van der Waals surface area contributed by atoms with Crippen LogP contribution in [0.15, 0.2) is 102 Å². The number of hydrogen-bond donors (Lipinski definition) is 6. The number of phenols is 1. The van der Waals surface area contributed by atoms with Gasteiger partial charge in [0.25, 0.3) is 0 Å². The Morgan fingerprint density at radius 1 is 0.915 bits per heavy atom. The van der Waals surface area contributed by atoms with Gasteiger partial charge in [0.1, 0.15) is 17.6 Å². The molecule has 6 rings (SSSR count). The summed E-state index contributed by atoms with van der Waals surface area (Å²) in [5, 5.41) is 30.6. The molecule has 3 amide bonds. The highest BCUT2D eigenvalue weighted by Gasteiger charge is 2.24. The van der Waals surface area contributed by atoms with Gasteiger partial charge < -0.3 is 45.1 Å². The highest BCUT2D eigenvalue weighted by molar-refractivity contribution is 5.93. The number of carbonyl (C=O) groups excluding carboxylic acids is 3. The number of aromatic nitrogens is 1. The van der Waals surface area contributed by atoms with Crippen LogP contribution < -0.4 is 26.2 Å². The average molecular weight is 805 g/mol. The van der Waals surface area contributed by atoms with Gasteiger partial charge in [-0.1, -0.05) is 60.7 Å². The van der Waals surface area contributed by atoms with E-state index in [1.807, 2.05) is 66.7 Å². The monoisotopic (exact) mass is 804 g/mol. The van der Waals surface area contributed by atoms with Crippen molar-refractivity contribution in [2.75, 3.05) is 57.5 Å². The van der Waals surface area contributed by atoms with E-state index in [0.717, 1.165) is 29.8 Å². The lowest BCUT2D eigenvalue weighted by Crippen LogP contribution is -2.40. The summed E-state index contributed by atoms with van der Waals surface area (Å²) in [6.07, 6.45) is 0.874. The maximum atomic E-state index is 12.9. The zero-order valence-corrected chi connectivity index (χ0v) is 33.4. The molecule has 1 saturated heterocycles. The molecule has 14 heteroatoms. The number of carbonyl (C=O) groups is 3. The molecule has 0 unspecified atom stereocenters. The van der Waals surface area contributed by atoms with E-state index in [-0.39, 0.29) is 47.7 Å². The number of aromatic hydroxyl groups is 1. The van der Waals surface area contributed by atoms with E-state index >= 15 is 0 Å². The van der Waals surface area contributed by atoms with Gasteiger partial charge >= 0.3 is 6.09 Å². The summed E-state index contributed by atoms with van der Waals surface area (Å²) in [5.41, 5.74) is 4.51. The summed E-state index contributed by atoms with van der Waals surface area (Å²) in [5.74, 6) is 0.228. The van der Waals surface area contributed by atoms with Crippen molar-refractivity contribution in [2.24, 2.45) is 0 Å². The highest BCUT2D eigenvalue weighted by atomic mass is 16.6. The molecule has 2 heterocycles. The molecule has 59 heavy (non-hydrogen) atoms. The SMILES string of the molecule is COc1cc(CNC[C@@H](O)c2ccc(O)c3[nH]c(=O)ccc23)ccc1NC(=O)CCCN(C)C(=O)CCN1CCC(OC(=O)Nc2ccccc2-c2ccccc2)CC1. The third kappa shape index (κ3) is 11.7. The number of likely N-dealkylation sites (tertiary alicyclic amines) is 1. The van der Waals surface area contributed by atoms with Crippen molar-refractivity contribution in [2.45, 2.75) is 50.9 Å². The molecule has 4 aromatic carbocycles. The minimum absolute atomic E-state index is 0.00591. The van der Waals surface area contributed by atoms with Gasteiger partial charge in [-0.15, -0.1) is 0 Å². The second-order valence-corrected chi connectivity index (χ2v) is 14.7. The smallest absolute Gasteiger partial charge is 0.411 e. The largest absolute Gasteiger partial charge is 0.506 e. The molecule has 0 aliphatic carbocycles. The van der Waals surface area contributed by atoms with Crippen LogP contribution in [0.5, 0.6) is 11.5 Å². The first-order valence-electron chi connectivity index (χ1n) is 19.9. The molecule has 0 spiro atoms. The molecule has 0 saturated carbocycles. The lowest BCUT2D eigenvalue weighted by atomic mass is 10.0. The first-order valence-corrected chi connectivity index (χ1v) is 19.9. The number of methoxy groups -OCH3 is 1. The lowest BCUT2D eigenvalue weighted by Gasteiger charge is -2.31. The Bertz CT molecular complexity index is 2270. The normalized spacial score (nSPS) is 13.7. The maximum absolute atomic E-state index is 12.9. The summed E-state index contributed by atoms with van der Waals surface area (Å²) in [7, 11) is 3.27. The number of benzene rings is 4. The second-order valence-electron chi connectivity index (χ2n) is 14.7. The van der Waals surface area contributed by atoms with E-state index in [9.17, 15) is 29.4 Å². The predicted octanol–water partition coefficient (Wildman–Crippen LogP) is 6.01. The fourth-order valence-corrected chi connectivity index (χ4v) is 7.22. The van der Waals surface area contributed by atoms with E-state index in [1.165, 1.54) is 19.2 Å². The molecule has 1 atom stereocenters. The quantitative estimate of drug-likeness (QED) is 0.0650. The number of aromatic amines is 1. The van der Waals surface area contributed by atoms with Crippen molar-refractivity contribution >= 4 is 40.2 Å². The zero-order valence-electron chi connectivity index (χ0n) is 33.4. The molecule has 1 fully saturated rings. The Morgan fingerprint density at radius 3 is 2.46 bits per heavy atom. The summed E-state index contributed by atoms with van der Waals surface area (Å²) < 4.78 is 11.3. The Labute approximate surface area is 343 Å². The molecule has 1 aliphatic heterocycles. The second kappa shape index (κ2) is 20.5. The number of rotatable bonds is 17. The molecular formula is C45H52N6O8. The van der Waals surface area contributed by atoms with E-state index in [0.29, 0.717) is 73.4 Å². The molecule has 1 aromatic heterocycles. The summed E-state index contributed by atoms with van der Waals surface area (Å²) in [4.78, 5) is 56.7. The number of nitrogens with zero attached hydrogens (tertiary/aromatic N) is 2. The van der Waals surface area contributed by atoms with Gasteiger partial charge in [0, 0.05) is 76.2 Å². The minimum atomic E-state index is -0.902. The van der Waals surface area contributed by atoms with Crippen molar-refractivity contribution in [3.63, 3.8) is 0 Å². The third-order valence-corrected chi connectivity index (χ3v) is 10.5. The summed E-state index contributed by atoms with van der Waals surface area (Å²) >= 11 is 0.